The molecule has 1 amide bonds. The van der Waals surface area contributed by atoms with Crippen LogP contribution in [0.4, 0.5) is 5.69 Å². The highest BCUT2D eigenvalue weighted by Gasteiger charge is 2.09. The second kappa shape index (κ2) is 6.01. The molecule has 0 radical (unpaired) electrons. The molecule has 2 N–H and O–H groups in total. The van der Waals surface area contributed by atoms with Gasteiger partial charge in [-0.25, -0.2) is 0 Å². The Balaban J connectivity index is 1.92. The first kappa shape index (κ1) is 15.5. The number of H-pyrrole nitrogens is 1. The zero-order valence-corrected chi connectivity index (χ0v) is 13.3. The predicted octanol–water partition coefficient (Wildman–Crippen LogP) is 3.27. The van der Waals surface area contributed by atoms with Gasteiger partial charge in [0.1, 0.15) is 0 Å². The fraction of sp³-hybridized carbons (Fsp3) is 0.105. The van der Waals surface area contributed by atoms with Crippen molar-refractivity contribution >= 4 is 22.5 Å². The van der Waals surface area contributed by atoms with Crippen molar-refractivity contribution in [3.63, 3.8) is 0 Å². The van der Waals surface area contributed by atoms with Crippen molar-refractivity contribution in [3.8, 4) is 6.07 Å². The van der Waals surface area contributed by atoms with Gasteiger partial charge in [0.25, 0.3) is 11.5 Å². The van der Waals surface area contributed by atoms with Crippen molar-refractivity contribution in [1.82, 2.24) is 4.98 Å². The van der Waals surface area contributed by atoms with Crippen LogP contribution in [0.15, 0.2) is 47.3 Å². The minimum atomic E-state index is -0.273. The Morgan fingerprint density at radius 3 is 2.46 bits per heavy atom. The lowest BCUT2D eigenvalue weighted by molar-refractivity contribution is 0.102. The molecular formula is C19H15N3O2. The molecule has 5 nitrogen and oxygen atoms in total. The first-order valence-corrected chi connectivity index (χ1v) is 7.44. The third-order valence-electron chi connectivity index (χ3n) is 4.11. The van der Waals surface area contributed by atoms with Gasteiger partial charge in [-0.15, -0.1) is 0 Å². The Kier molecular flexibility index (Phi) is 3.88. The van der Waals surface area contributed by atoms with Gasteiger partial charge in [0.05, 0.1) is 17.1 Å². The second-order valence-electron chi connectivity index (χ2n) is 5.61. The van der Waals surface area contributed by atoms with E-state index in [9.17, 15) is 9.59 Å². The maximum Gasteiger partial charge on any atom is 0.255 e. The zero-order chi connectivity index (χ0) is 17.3. The van der Waals surface area contributed by atoms with Crippen LogP contribution >= 0.6 is 0 Å². The number of aryl methyl sites for hydroxylation is 1. The summed E-state index contributed by atoms with van der Waals surface area (Å²) >= 11 is 0. The molecule has 118 valence electrons. The van der Waals surface area contributed by atoms with E-state index in [1.807, 2.05) is 19.1 Å². The van der Waals surface area contributed by atoms with Gasteiger partial charge in [-0.2, -0.15) is 5.26 Å². The number of nitrogens with zero attached hydrogens (tertiary/aromatic N) is 1. The molecule has 24 heavy (non-hydrogen) atoms. The molecule has 1 heterocycles. The number of aromatic amines is 1. The highest BCUT2D eigenvalue weighted by Crippen LogP contribution is 2.21. The minimum absolute atomic E-state index is 0.129. The Labute approximate surface area is 138 Å². The first-order chi connectivity index (χ1) is 11.5. The van der Waals surface area contributed by atoms with Crippen molar-refractivity contribution in [1.29, 1.82) is 5.26 Å². The number of carbonyl (C=O) groups excluding carboxylic acids is 1. The Morgan fingerprint density at radius 1 is 1.08 bits per heavy atom. The average Bonchev–Trinajstić information content (AvgIpc) is 2.59. The van der Waals surface area contributed by atoms with E-state index in [0.717, 1.165) is 10.9 Å². The number of aromatic nitrogens is 1. The first-order valence-electron chi connectivity index (χ1n) is 7.44. The lowest BCUT2D eigenvalue weighted by Crippen LogP contribution is -2.13. The van der Waals surface area contributed by atoms with Crippen LogP contribution < -0.4 is 10.9 Å². The third-order valence-corrected chi connectivity index (χ3v) is 4.11. The van der Waals surface area contributed by atoms with Gasteiger partial charge < -0.3 is 10.3 Å². The van der Waals surface area contributed by atoms with Crippen LogP contribution in [0, 0.1) is 25.2 Å². The molecule has 3 rings (SSSR count). The molecule has 0 aliphatic heterocycles. The van der Waals surface area contributed by atoms with E-state index in [0.29, 0.717) is 27.9 Å². The lowest BCUT2D eigenvalue weighted by Gasteiger charge is -2.09. The maximum absolute atomic E-state index is 12.3. The molecule has 0 saturated heterocycles. The molecule has 0 fully saturated rings. The van der Waals surface area contributed by atoms with Gasteiger partial charge in [0.15, 0.2) is 0 Å². The summed E-state index contributed by atoms with van der Waals surface area (Å²) in [7, 11) is 0. The normalized spacial score (nSPS) is 10.4. The smallest absolute Gasteiger partial charge is 0.255 e. The van der Waals surface area contributed by atoms with Crippen LogP contribution in [-0.2, 0) is 0 Å². The molecule has 0 atom stereocenters. The van der Waals surface area contributed by atoms with E-state index in [4.69, 9.17) is 5.26 Å². The van der Waals surface area contributed by atoms with Crippen molar-refractivity contribution in [2.75, 3.05) is 5.32 Å². The molecular weight excluding hydrogens is 302 g/mol. The summed E-state index contributed by atoms with van der Waals surface area (Å²) < 4.78 is 0. The van der Waals surface area contributed by atoms with Crippen LogP contribution in [0.3, 0.4) is 0 Å². The molecule has 3 aromatic rings. The van der Waals surface area contributed by atoms with E-state index in [-0.39, 0.29) is 11.5 Å². The number of hydrogen-bond acceptors (Lipinski definition) is 3. The van der Waals surface area contributed by atoms with Crippen LogP contribution in [0.2, 0.25) is 0 Å². The van der Waals surface area contributed by atoms with Crippen molar-refractivity contribution < 1.29 is 4.79 Å². The number of pyridine rings is 1. The standard InChI is InChI=1S/C19H15N3O2/c1-11-12(2)18(23)22-17-9-15(7-8-16(11)17)21-19(24)14-5-3-13(10-20)4-6-14/h3-9H,1-2H3,(H,21,24)(H,22,23). The van der Waals surface area contributed by atoms with Crippen molar-refractivity contribution in [2.45, 2.75) is 13.8 Å². The number of carbonyl (C=O) groups is 1. The van der Waals surface area contributed by atoms with Gasteiger partial charge >= 0.3 is 0 Å². The molecule has 2 aromatic carbocycles. The summed E-state index contributed by atoms with van der Waals surface area (Å²) in [5.74, 6) is -0.273. The number of nitriles is 1. The lowest BCUT2D eigenvalue weighted by atomic mass is 10.1. The fourth-order valence-electron chi connectivity index (χ4n) is 2.54. The van der Waals surface area contributed by atoms with E-state index in [1.165, 1.54) is 0 Å². The highest BCUT2D eigenvalue weighted by molar-refractivity contribution is 6.05. The van der Waals surface area contributed by atoms with Gasteiger partial charge in [-0.05, 0) is 55.8 Å². The number of fused-ring (bicyclic) bond motifs is 1. The second-order valence-corrected chi connectivity index (χ2v) is 5.61. The molecule has 0 aliphatic rings. The average molecular weight is 317 g/mol. The molecule has 0 bridgehead atoms. The van der Waals surface area contributed by atoms with E-state index < -0.39 is 0 Å². The third kappa shape index (κ3) is 2.77. The van der Waals surface area contributed by atoms with E-state index in [1.54, 1.807) is 43.3 Å². The van der Waals surface area contributed by atoms with Gasteiger partial charge in [-0.3, -0.25) is 9.59 Å². The van der Waals surface area contributed by atoms with Gasteiger partial charge in [0.2, 0.25) is 0 Å². The molecule has 0 unspecified atom stereocenters. The monoisotopic (exact) mass is 317 g/mol. The summed E-state index contributed by atoms with van der Waals surface area (Å²) in [5, 5.41) is 12.5. The van der Waals surface area contributed by atoms with Gasteiger partial charge in [0, 0.05) is 22.2 Å². The number of rotatable bonds is 2. The van der Waals surface area contributed by atoms with Crippen LogP contribution in [0.25, 0.3) is 10.9 Å². The molecule has 5 heteroatoms. The summed E-state index contributed by atoms with van der Waals surface area (Å²) in [6.07, 6.45) is 0. The van der Waals surface area contributed by atoms with Crippen LogP contribution in [0.5, 0.6) is 0 Å². The number of benzene rings is 2. The van der Waals surface area contributed by atoms with E-state index >= 15 is 0 Å². The molecule has 0 aliphatic carbocycles. The quantitative estimate of drug-likeness (QED) is 0.760. The summed E-state index contributed by atoms with van der Waals surface area (Å²) in [4.78, 5) is 27.0. The van der Waals surface area contributed by atoms with Crippen molar-refractivity contribution in [2.24, 2.45) is 0 Å². The van der Waals surface area contributed by atoms with Crippen LogP contribution in [0.1, 0.15) is 27.0 Å². The topological polar surface area (TPSA) is 85.8 Å². The number of hydrogen-bond donors (Lipinski definition) is 2. The van der Waals surface area contributed by atoms with Gasteiger partial charge in [-0.1, -0.05) is 6.07 Å². The minimum Gasteiger partial charge on any atom is -0.322 e. The Bertz CT molecular complexity index is 1040. The predicted molar refractivity (Wildman–Crippen MR) is 93.2 cm³/mol. The Hall–Kier alpha value is -3.39. The Morgan fingerprint density at radius 2 is 1.79 bits per heavy atom. The molecule has 1 aromatic heterocycles. The number of anilines is 1. The summed E-state index contributed by atoms with van der Waals surface area (Å²) in [5.41, 5.74) is 3.73. The largest absolute Gasteiger partial charge is 0.322 e. The number of amides is 1. The highest BCUT2D eigenvalue weighted by atomic mass is 16.1. The molecule has 0 saturated carbocycles. The summed E-state index contributed by atoms with van der Waals surface area (Å²) in [6, 6.07) is 13.8. The zero-order valence-electron chi connectivity index (χ0n) is 13.3. The SMILES string of the molecule is Cc1c(C)c2ccc(NC(=O)c3ccc(C#N)cc3)cc2[nH]c1=O. The van der Waals surface area contributed by atoms with Crippen LogP contribution in [-0.4, -0.2) is 10.9 Å². The number of nitrogens with one attached hydrogen (secondary N) is 2. The fourth-order valence-corrected chi connectivity index (χ4v) is 2.54. The summed E-state index contributed by atoms with van der Waals surface area (Å²) in [6.45, 7) is 3.69. The molecule has 0 spiro atoms. The van der Waals surface area contributed by atoms with Crippen molar-refractivity contribution in [3.05, 3.63) is 75.1 Å². The maximum atomic E-state index is 12.3. The van der Waals surface area contributed by atoms with E-state index in [2.05, 4.69) is 10.3 Å².